The minimum Gasteiger partial charge on any atom is -0.497 e. The smallest absolute Gasteiger partial charge is 0.471 e. The summed E-state index contributed by atoms with van der Waals surface area (Å²) in [5.74, 6) is -2.48. The highest BCUT2D eigenvalue weighted by molar-refractivity contribution is 6.07. The molecule has 0 bridgehead atoms. The summed E-state index contributed by atoms with van der Waals surface area (Å²) in [6.45, 7) is 0. The summed E-state index contributed by atoms with van der Waals surface area (Å²) in [5.41, 5.74) is 2.93. The number of rotatable bonds is 5. The van der Waals surface area contributed by atoms with Gasteiger partial charge in [0.05, 0.1) is 23.8 Å². The van der Waals surface area contributed by atoms with E-state index in [9.17, 15) is 32.9 Å². The van der Waals surface area contributed by atoms with Crippen molar-refractivity contribution < 1.29 is 32.4 Å². The van der Waals surface area contributed by atoms with Crippen LogP contribution in [0.5, 0.6) is 5.75 Å². The molecular weight excluding hydrogens is 421 g/mol. The lowest BCUT2D eigenvalue weighted by atomic mass is 10.1. The molecule has 1 aliphatic rings. The molecule has 0 spiro atoms. The average Bonchev–Trinajstić information content (AvgIpc) is 3.07. The number of nitrogens with one attached hydrogen (secondary N) is 2. The first-order chi connectivity index (χ1) is 14.6. The second-order valence-electron chi connectivity index (χ2n) is 6.49. The Balaban J connectivity index is 1.85. The Kier molecular flexibility index (Phi) is 5.90. The maximum Gasteiger partial charge on any atom is 0.471 e. The molecule has 162 valence electrons. The number of ether oxygens (including phenoxy) is 1. The maximum absolute atomic E-state index is 12.7. The van der Waals surface area contributed by atoms with Crippen LogP contribution in [0.2, 0.25) is 0 Å². The van der Waals surface area contributed by atoms with E-state index >= 15 is 0 Å². The molecular formula is C19H15F3N4O5. The summed E-state index contributed by atoms with van der Waals surface area (Å²) in [7, 11) is 1.38. The molecule has 0 fully saturated rings. The molecule has 12 heteroatoms. The Morgan fingerprint density at radius 3 is 2.61 bits per heavy atom. The minimum atomic E-state index is -5.06. The number of methoxy groups -OCH3 is 1. The molecule has 2 N–H and O–H groups in total. The van der Waals surface area contributed by atoms with Gasteiger partial charge in [-0.05, 0) is 29.8 Å². The van der Waals surface area contributed by atoms with Gasteiger partial charge in [-0.3, -0.25) is 19.7 Å². The van der Waals surface area contributed by atoms with Gasteiger partial charge in [-0.1, -0.05) is 6.07 Å². The van der Waals surface area contributed by atoms with Crippen LogP contribution in [-0.4, -0.2) is 35.7 Å². The number of nitro groups is 1. The summed E-state index contributed by atoms with van der Waals surface area (Å²) < 4.78 is 43.1. The quantitative estimate of drug-likeness (QED) is 0.551. The topological polar surface area (TPSA) is 123 Å². The van der Waals surface area contributed by atoms with Crippen molar-refractivity contribution in [3.63, 3.8) is 0 Å². The Morgan fingerprint density at radius 2 is 1.97 bits per heavy atom. The van der Waals surface area contributed by atoms with Crippen LogP contribution in [0.3, 0.4) is 0 Å². The second kappa shape index (κ2) is 8.42. The molecule has 0 saturated carbocycles. The van der Waals surface area contributed by atoms with Gasteiger partial charge < -0.3 is 10.1 Å². The van der Waals surface area contributed by atoms with Crippen LogP contribution in [0.1, 0.15) is 33.9 Å². The maximum atomic E-state index is 12.7. The zero-order valence-electron chi connectivity index (χ0n) is 15.9. The van der Waals surface area contributed by atoms with E-state index < -0.39 is 29.0 Å². The van der Waals surface area contributed by atoms with Crippen LogP contribution in [-0.2, 0) is 4.79 Å². The van der Waals surface area contributed by atoms with Crippen molar-refractivity contribution in [1.82, 2.24) is 10.7 Å². The van der Waals surface area contributed by atoms with Gasteiger partial charge in [0.15, 0.2) is 0 Å². The van der Waals surface area contributed by atoms with Gasteiger partial charge in [0.25, 0.3) is 11.6 Å². The van der Waals surface area contributed by atoms with E-state index in [1.165, 1.54) is 31.4 Å². The van der Waals surface area contributed by atoms with E-state index in [1.54, 1.807) is 12.1 Å². The molecule has 0 radical (unpaired) electrons. The number of nitro benzene ring substituents is 1. The molecule has 0 aliphatic heterocycles. The van der Waals surface area contributed by atoms with Crippen molar-refractivity contribution in [3.8, 4) is 5.75 Å². The summed E-state index contributed by atoms with van der Waals surface area (Å²) in [6.07, 6.45) is -5.17. The minimum absolute atomic E-state index is 0.0200. The first-order valence-corrected chi connectivity index (χ1v) is 8.77. The molecule has 2 amide bonds. The van der Waals surface area contributed by atoms with E-state index in [0.717, 1.165) is 6.07 Å². The van der Waals surface area contributed by atoms with Crippen LogP contribution in [0.15, 0.2) is 47.6 Å². The number of fused-ring (bicyclic) bond motifs is 1. The van der Waals surface area contributed by atoms with Crippen LogP contribution >= 0.6 is 0 Å². The van der Waals surface area contributed by atoms with Crippen molar-refractivity contribution in [2.75, 3.05) is 7.11 Å². The Hall–Kier alpha value is -3.96. The Labute approximate surface area is 173 Å². The number of hydrogen-bond acceptors (Lipinski definition) is 6. The van der Waals surface area contributed by atoms with Gasteiger partial charge in [-0.2, -0.15) is 18.3 Å². The number of halogens is 3. The Morgan fingerprint density at radius 1 is 1.23 bits per heavy atom. The van der Waals surface area contributed by atoms with Gasteiger partial charge in [-0.25, -0.2) is 5.43 Å². The third-order valence-corrected chi connectivity index (χ3v) is 4.52. The van der Waals surface area contributed by atoms with E-state index in [-0.39, 0.29) is 23.4 Å². The number of hydrogen-bond donors (Lipinski definition) is 2. The van der Waals surface area contributed by atoms with Crippen LogP contribution in [0.4, 0.5) is 18.9 Å². The first-order valence-electron chi connectivity index (χ1n) is 8.77. The highest BCUT2D eigenvalue weighted by Gasteiger charge is 2.41. The summed E-state index contributed by atoms with van der Waals surface area (Å²) in [4.78, 5) is 33.9. The predicted octanol–water partition coefficient (Wildman–Crippen LogP) is 2.86. The van der Waals surface area contributed by atoms with E-state index in [2.05, 4.69) is 10.5 Å². The van der Waals surface area contributed by atoms with Gasteiger partial charge in [0.1, 0.15) is 5.75 Å². The number of carbonyl (C=O) groups is 2. The zero-order valence-corrected chi connectivity index (χ0v) is 15.9. The number of benzene rings is 2. The van der Waals surface area contributed by atoms with Gasteiger partial charge in [0, 0.05) is 29.7 Å². The summed E-state index contributed by atoms with van der Waals surface area (Å²) >= 11 is 0. The molecule has 1 atom stereocenters. The predicted molar refractivity (Wildman–Crippen MR) is 102 cm³/mol. The van der Waals surface area contributed by atoms with Crippen molar-refractivity contribution in [1.29, 1.82) is 0 Å². The number of amides is 2. The van der Waals surface area contributed by atoms with Crippen molar-refractivity contribution >= 4 is 23.2 Å². The fourth-order valence-corrected chi connectivity index (χ4v) is 3.05. The SMILES string of the molecule is COc1ccc2c(c1)[C@H](NC(=O)C(F)(F)F)CC2=NNC(=O)c1cccc([N+](=O)[O-])c1. The van der Waals surface area contributed by atoms with Crippen LogP contribution < -0.4 is 15.5 Å². The number of non-ortho nitro benzene ring substituents is 1. The lowest BCUT2D eigenvalue weighted by Crippen LogP contribution is -2.38. The summed E-state index contributed by atoms with van der Waals surface area (Å²) in [5, 5.41) is 16.7. The number of carbonyl (C=O) groups excluding carboxylic acids is 2. The van der Waals surface area contributed by atoms with Crippen LogP contribution in [0, 0.1) is 10.1 Å². The number of alkyl halides is 3. The molecule has 0 unspecified atom stereocenters. The molecule has 31 heavy (non-hydrogen) atoms. The van der Waals surface area contributed by atoms with Gasteiger partial charge in [0.2, 0.25) is 0 Å². The Bertz CT molecular complexity index is 1080. The van der Waals surface area contributed by atoms with Crippen molar-refractivity contribution in [2.24, 2.45) is 5.10 Å². The standard InChI is InChI=1S/C19H15F3N4O5/c1-31-12-5-6-13-14(8-12)15(23-18(28)19(20,21)22)9-16(13)24-25-17(27)10-3-2-4-11(7-10)26(29)30/h2-8,15H,9H2,1H3,(H,23,28)(H,25,27)/t15-/m1/s1. The van der Waals surface area contributed by atoms with Gasteiger partial charge in [-0.15, -0.1) is 0 Å². The van der Waals surface area contributed by atoms with E-state index in [0.29, 0.717) is 16.9 Å². The fourth-order valence-electron chi connectivity index (χ4n) is 3.05. The molecule has 3 rings (SSSR count). The third kappa shape index (κ3) is 4.79. The molecule has 9 nitrogen and oxygen atoms in total. The monoisotopic (exact) mass is 436 g/mol. The van der Waals surface area contributed by atoms with Gasteiger partial charge >= 0.3 is 12.1 Å². The third-order valence-electron chi connectivity index (χ3n) is 4.52. The first kappa shape index (κ1) is 21.7. The normalized spacial score (nSPS) is 16.5. The van der Waals surface area contributed by atoms with E-state index in [1.807, 2.05) is 5.32 Å². The number of hydrazone groups is 1. The van der Waals surface area contributed by atoms with Crippen molar-refractivity contribution in [2.45, 2.75) is 18.6 Å². The molecule has 1 aliphatic carbocycles. The van der Waals surface area contributed by atoms with Crippen molar-refractivity contribution in [3.05, 3.63) is 69.3 Å². The highest BCUT2D eigenvalue weighted by Crippen LogP contribution is 2.35. The van der Waals surface area contributed by atoms with E-state index in [4.69, 9.17) is 4.74 Å². The summed E-state index contributed by atoms with van der Waals surface area (Å²) in [6, 6.07) is 8.51. The average molecular weight is 436 g/mol. The molecule has 0 heterocycles. The number of nitrogens with zero attached hydrogens (tertiary/aromatic N) is 2. The lowest BCUT2D eigenvalue weighted by Gasteiger charge is -2.15. The molecule has 2 aromatic rings. The second-order valence-corrected chi connectivity index (χ2v) is 6.49. The molecule has 0 aromatic heterocycles. The lowest BCUT2D eigenvalue weighted by molar-refractivity contribution is -0.384. The molecule has 2 aromatic carbocycles. The highest BCUT2D eigenvalue weighted by atomic mass is 19.4. The fraction of sp³-hybridized carbons (Fsp3) is 0.211. The zero-order chi connectivity index (χ0) is 22.8. The van der Waals surface area contributed by atoms with Crippen LogP contribution in [0.25, 0.3) is 0 Å². The molecule has 0 saturated heterocycles. The largest absolute Gasteiger partial charge is 0.497 e.